The van der Waals surface area contributed by atoms with E-state index in [4.69, 9.17) is 0 Å². The number of benzene rings is 1. The molecule has 2 unspecified atom stereocenters. The summed E-state index contributed by atoms with van der Waals surface area (Å²) < 4.78 is 26.9. The van der Waals surface area contributed by atoms with Gasteiger partial charge in [-0.15, -0.1) is 11.3 Å². The van der Waals surface area contributed by atoms with E-state index < -0.39 is 11.6 Å². The van der Waals surface area contributed by atoms with E-state index in [0.717, 1.165) is 25.3 Å². The van der Waals surface area contributed by atoms with Crippen molar-refractivity contribution < 1.29 is 8.78 Å². The van der Waals surface area contributed by atoms with Crippen LogP contribution in [0, 0.1) is 11.6 Å². The largest absolute Gasteiger partial charge is 0.312 e. The second-order valence-electron chi connectivity index (χ2n) is 5.27. The molecule has 1 aromatic heterocycles. The number of halogens is 2. The Labute approximate surface area is 121 Å². The fourth-order valence-electron chi connectivity index (χ4n) is 3.22. The Kier molecular flexibility index (Phi) is 3.85. The molecule has 0 saturated carbocycles. The third-order valence-electron chi connectivity index (χ3n) is 4.06. The van der Waals surface area contributed by atoms with Gasteiger partial charge in [-0.3, -0.25) is 0 Å². The molecule has 1 heterocycles. The highest BCUT2D eigenvalue weighted by Gasteiger charge is 2.29. The number of hydrogen-bond acceptors (Lipinski definition) is 2. The van der Waals surface area contributed by atoms with Gasteiger partial charge in [-0.2, -0.15) is 0 Å². The average Bonchev–Trinajstić information content (AvgIpc) is 2.87. The Balaban J connectivity index is 1.99. The molecule has 0 amide bonds. The van der Waals surface area contributed by atoms with Gasteiger partial charge in [0.1, 0.15) is 11.6 Å². The molecule has 0 fully saturated rings. The maximum atomic E-state index is 13.5. The second-order valence-corrected chi connectivity index (χ2v) is 6.27. The highest BCUT2D eigenvalue weighted by atomic mass is 32.1. The van der Waals surface area contributed by atoms with Crippen molar-refractivity contribution in [1.29, 1.82) is 0 Å². The maximum Gasteiger partial charge on any atom is 0.126 e. The van der Waals surface area contributed by atoms with Crippen molar-refractivity contribution in [3.8, 4) is 0 Å². The van der Waals surface area contributed by atoms with E-state index >= 15 is 0 Å². The number of thiophene rings is 1. The number of aryl methyl sites for hydroxylation is 1. The molecule has 0 radical (unpaired) electrons. The van der Waals surface area contributed by atoms with Crippen molar-refractivity contribution in [3.05, 3.63) is 57.3 Å². The normalized spacial score (nSPS) is 19.6. The van der Waals surface area contributed by atoms with E-state index in [1.807, 2.05) is 7.05 Å². The van der Waals surface area contributed by atoms with Crippen molar-refractivity contribution >= 4 is 11.3 Å². The monoisotopic (exact) mass is 293 g/mol. The molecule has 106 valence electrons. The smallest absolute Gasteiger partial charge is 0.126 e. The number of nitrogens with one attached hydrogen (secondary N) is 1. The lowest BCUT2D eigenvalue weighted by molar-refractivity contribution is 0.424. The quantitative estimate of drug-likeness (QED) is 0.884. The van der Waals surface area contributed by atoms with Crippen LogP contribution in [0.5, 0.6) is 0 Å². The average molecular weight is 293 g/mol. The Morgan fingerprint density at radius 2 is 2.00 bits per heavy atom. The van der Waals surface area contributed by atoms with Crippen molar-refractivity contribution in [2.24, 2.45) is 0 Å². The first kappa shape index (κ1) is 13.7. The fraction of sp³-hybridized carbons (Fsp3) is 0.375. The molecule has 0 spiro atoms. The minimum Gasteiger partial charge on any atom is -0.312 e. The summed E-state index contributed by atoms with van der Waals surface area (Å²) in [5.41, 5.74) is 2.03. The van der Waals surface area contributed by atoms with E-state index in [9.17, 15) is 8.78 Å². The van der Waals surface area contributed by atoms with E-state index in [2.05, 4.69) is 16.8 Å². The van der Waals surface area contributed by atoms with Crippen molar-refractivity contribution in [2.75, 3.05) is 7.05 Å². The Morgan fingerprint density at radius 3 is 2.70 bits per heavy atom. The first-order valence-electron chi connectivity index (χ1n) is 6.88. The summed E-state index contributed by atoms with van der Waals surface area (Å²) in [5.74, 6) is -0.737. The van der Waals surface area contributed by atoms with Crippen LogP contribution >= 0.6 is 11.3 Å². The number of rotatable bonds is 3. The van der Waals surface area contributed by atoms with Crippen molar-refractivity contribution in [1.82, 2.24) is 5.32 Å². The standard InChI is InChI=1S/C16H17F2NS/c1-19-16(10-7-11(17)9-12(18)8-10)14-3-2-4-15-13(14)5-6-20-15/h5-9,14,16,19H,2-4H2,1H3. The molecule has 1 N–H and O–H groups in total. The van der Waals surface area contributed by atoms with Gasteiger partial charge in [0.05, 0.1) is 0 Å². The summed E-state index contributed by atoms with van der Waals surface area (Å²) >= 11 is 1.78. The predicted octanol–water partition coefficient (Wildman–Crippen LogP) is 4.41. The van der Waals surface area contributed by atoms with Crippen LogP contribution in [0.1, 0.15) is 40.8 Å². The molecule has 20 heavy (non-hydrogen) atoms. The van der Waals surface area contributed by atoms with Gasteiger partial charge in [0.2, 0.25) is 0 Å². The summed E-state index contributed by atoms with van der Waals surface area (Å²) in [4.78, 5) is 1.42. The van der Waals surface area contributed by atoms with Gasteiger partial charge >= 0.3 is 0 Å². The van der Waals surface area contributed by atoms with Crippen LogP contribution in [-0.2, 0) is 6.42 Å². The molecule has 1 aliphatic carbocycles. The Morgan fingerprint density at radius 1 is 1.25 bits per heavy atom. The number of hydrogen-bond donors (Lipinski definition) is 1. The molecule has 0 saturated heterocycles. The molecule has 2 atom stereocenters. The zero-order valence-electron chi connectivity index (χ0n) is 11.3. The zero-order valence-corrected chi connectivity index (χ0v) is 12.1. The molecule has 0 bridgehead atoms. The number of likely N-dealkylation sites (N-methyl/N-ethyl adjacent to an activating group) is 1. The molecule has 1 nitrogen and oxygen atoms in total. The van der Waals surface area contributed by atoms with Gasteiger partial charge < -0.3 is 5.32 Å². The van der Waals surface area contributed by atoms with E-state index in [1.165, 1.54) is 22.6 Å². The van der Waals surface area contributed by atoms with Crippen LogP contribution in [0.4, 0.5) is 8.78 Å². The van der Waals surface area contributed by atoms with Gasteiger partial charge in [0.25, 0.3) is 0 Å². The fourth-order valence-corrected chi connectivity index (χ4v) is 4.22. The minimum absolute atomic E-state index is 0.0474. The maximum absolute atomic E-state index is 13.5. The van der Waals surface area contributed by atoms with Crippen molar-refractivity contribution in [3.63, 3.8) is 0 Å². The van der Waals surface area contributed by atoms with E-state index in [-0.39, 0.29) is 12.0 Å². The first-order valence-corrected chi connectivity index (χ1v) is 7.76. The second kappa shape index (κ2) is 5.62. The number of fused-ring (bicyclic) bond motifs is 1. The van der Waals surface area contributed by atoms with Crippen LogP contribution in [0.2, 0.25) is 0 Å². The SMILES string of the molecule is CNC(c1cc(F)cc(F)c1)C1CCCc2sccc21. The van der Waals surface area contributed by atoms with Crippen LogP contribution < -0.4 is 5.32 Å². The van der Waals surface area contributed by atoms with Crippen LogP contribution in [0.3, 0.4) is 0 Å². The summed E-state index contributed by atoms with van der Waals surface area (Å²) in [6.07, 6.45) is 3.30. The van der Waals surface area contributed by atoms with Gasteiger partial charge in [-0.25, -0.2) is 8.78 Å². The third kappa shape index (κ3) is 2.50. The topological polar surface area (TPSA) is 12.0 Å². The molecule has 0 aliphatic heterocycles. The summed E-state index contributed by atoms with van der Waals surface area (Å²) in [5, 5.41) is 5.36. The molecule has 4 heteroatoms. The first-order chi connectivity index (χ1) is 9.69. The lowest BCUT2D eigenvalue weighted by atomic mass is 9.80. The third-order valence-corrected chi connectivity index (χ3v) is 5.05. The Bertz CT molecular complexity index is 588. The van der Waals surface area contributed by atoms with E-state index in [1.54, 1.807) is 11.3 Å². The van der Waals surface area contributed by atoms with Gasteiger partial charge in [-0.05, 0) is 61.0 Å². The highest BCUT2D eigenvalue weighted by Crippen LogP contribution is 2.42. The highest BCUT2D eigenvalue weighted by molar-refractivity contribution is 7.10. The summed E-state index contributed by atoms with van der Waals surface area (Å²) in [6, 6.07) is 5.90. The lowest BCUT2D eigenvalue weighted by Crippen LogP contribution is -2.26. The van der Waals surface area contributed by atoms with Gasteiger partial charge in [-0.1, -0.05) is 0 Å². The minimum atomic E-state index is -0.512. The molecule has 2 aromatic rings. The molecule has 3 rings (SSSR count). The predicted molar refractivity (Wildman–Crippen MR) is 78.2 cm³/mol. The summed E-state index contributed by atoms with van der Waals surface area (Å²) in [7, 11) is 1.86. The summed E-state index contributed by atoms with van der Waals surface area (Å²) in [6.45, 7) is 0. The zero-order chi connectivity index (χ0) is 14.1. The van der Waals surface area contributed by atoms with Gasteiger partial charge in [0, 0.05) is 22.9 Å². The lowest BCUT2D eigenvalue weighted by Gasteiger charge is -2.31. The van der Waals surface area contributed by atoms with Crippen LogP contribution in [-0.4, -0.2) is 7.05 Å². The van der Waals surface area contributed by atoms with Crippen LogP contribution in [0.15, 0.2) is 29.6 Å². The van der Waals surface area contributed by atoms with Crippen LogP contribution in [0.25, 0.3) is 0 Å². The molecule has 1 aliphatic rings. The van der Waals surface area contributed by atoms with E-state index in [0.29, 0.717) is 5.56 Å². The molecular formula is C16H17F2NS. The van der Waals surface area contributed by atoms with Crippen molar-refractivity contribution in [2.45, 2.75) is 31.2 Å². The Hall–Kier alpha value is -1.26. The molecular weight excluding hydrogens is 276 g/mol. The molecule has 1 aromatic carbocycles. The van der Waals surface area contributed by atoms with Gasteiger partial charge in [0.15, 0.2) is 0 Å².